The molecule has 2 aromatic rings. The van der Waals surface area contributed by atoms with Crippen LogP contribution in [0.5, 0.6) is 0 Å². The quantitative estimate of drug-likeness (QED) is 0.236. The summed E-state index contributed by atoms with van der Waals surface area (Å²) in [7, 11) is -4.81. The van der Waals surface area contributed by atoms with Gasteiger partial charge >= 0.3 is 0 Å². The maximum atomic E-state index is 6.96. The zero-order valence-corrected chi connectivity index (χ0v) is 28.3. The molecular weight excluding hydrogens is 532 g/mol. The summed E-state index contributed by atoms with van der Waals surface area (Å²) in [4.78, 5) is 0. The molecule has 0 radical (unpaired) electrons. The van der Waals surface area contributed by atoms with E-state index in [0.29, 0.717) is 0 Å². The van der Waals surface area contributed by atoms with Crippen LogP contribution in [0.25, 0.3) is 0 Å². The minimum Gasteiger partial charge on any atom is -0.409 e. The second kappa shape index (κ2) is 12.7. The van der Waals surface area contributed by atoms with Crippen LogP contribution in [0.15, 0.2) is 60.7 Å². The van der Waals surface area contributed by atoms with Crippen LogP contribution in [0.4, 0.5) is 0 Å². The Morgan fingerprint density at radius 3 is 1.43 bits per heavy atom. The van der Waals surface area contributed by atoms with Gasteiger partial charge in [0.25, 0.3) is 0 Å². The summed E-state index contributed by atoms with van der Waals surface area (Å²) in [5.41, 5.74) is 0. The largest absolute Gasteiger partial charge is 0.409 e. The number of benzene rings is 2. The van der Waals surface area contributed by atoms with Gasteiger partial charge in [0.05, 0.1) is 12.2 Å². The molecule has 5 nitrogen and oxygen atoms in total. The van der Waals surface area contributed by atoms with E-state index in [1.807, 2.05) is 0 Å². The number of ether oxygens (including phenoxy) is 2. The first-order valence-corrected chi connectivity index (χ1v) is 25.0. The Hall–Kier alpha value is -0.679. The van der Waals surface area contributed by atoms with Gasteiger partial charge in [-0.25, -0.2) is 0 Å². The molecule has 3 rings (SSSR count). The Balaban J connectivity index is 2.08. The lowest BCUT2D eigenvalue weighted by Crippen LogP contribution is -2.66. The lowest BCUT2D eigenvalue weighted by molar-refractivity contribution is -0.274. The second-order valence-electron chi connectivity index (χ2n) is 12.6. The van der Waals surface area contributed by atoms with Crippen molar-refractivity contribution < 1.29 is 22.8 Å². The molecule has 37 heavy (non-hydrogen) atoms. The molecule has 0 amide bonds. The molecular formula is C28H47O5PSi3. The van der Waals surface area contributed by atoms with E-state index in [0.717, 1.165) is 6.16 Å². The molecule has 9 heteroatoms. The van der Waals surface area contributed by atoms with Gasteiger partial charge in [-0.15, -0.1) is 0 Å². The zero-order chi connectivity index (χ0) is 27.4. The van der Waals surface area contributed by atoms with E-state index in [2.05, 4.69) is 120 Å². The summed E-state index contributed by atoms with van der Waals surface area (Å²) in [5, 5.41) is 2.66. The number of rotatable bonds is 11. The fraction of sp³-hybridized carbons (Fsp3) is 0.571. The summed E-state index contributed by atoms with van der Waals surface area (Å²) in [6.45, 7) is 20.0. The van der Waals surface area contributed by atoms with E-state index in [4.69, 9.17) is 22.8 Å². The molecule has 0 spiro atoms. The van der Waals surface area contributed by atoms with Crippen LogP contribution in [0.3, 0.4) is 0 Å². The van der Waals surface area contributed by atoms with Gasteiger partial charge in [-0.2, -0.15) is 0 Å². The Bertz CT molecular complexity index is 920. The van der Waals surface area contributed by atoms with Gasteiger partial charge < -0.3 is 22.8 Å². The average molecular weight is 579 g/mol. The second-order valence-corrected chi connectivity index (χ2v) is 28.3. The summed E-state index contributed by atoms with van der Waals surface area (Å²) >= 11 is 0. The molecule has 0 bridgehead atoms. The average Bonchev–Trinajstić information content (AvgIpc) is 2.79. The maximum absolute atomic E-state index is 6.96. The van der Waals surface area contributed by atoms with E-state index in [-0.39, 0.29) is 24.4 Å². The van der Waals surface area contributed by atoms with E-state index in [9.17, 15) is 0 Å². The van der Waals surface area contributed by atoms with Crippen LogP contribution in [-0.4, -0.2) is 68.9 Å². The fourth-order valence-electron chi connectivity index (χ4n) is 4.60. The van der Waals surface area contributed by atoms with Crippen LogP contribution in [0.1, 0.15) is 0 Å². The zero-order valence-electron chi connectivity index (χ0n) is 24.4. The van der Waals surface area contributed by atoms with E-state index >= 15 is 0 Å². The molecule has 1 heterocycles. The van der Waals surface area contributed by atoms with Gasteiger partial charge in [0.15, 0.2) is 31.2 Å². The molecule has 2 aromatic carbocycles. The number of hydrogen-bond acceptors (Lipinski definition) is 5. The van der Waals surface area contributed by atoms with Crippen molar-refractivity contribution in [2.24, 2.45) is 0 Å². The lowest BCUT2D eigenvalue weighted by Gasteiger charge is -2.51. The predicted octanol–water partition coefficient (Wildman–Crippen LogP) is 6.15. The first-order valence-electron chi connectivity index (χ1n) is 13.3. The van der Waals surface area contributed by atoms with Crippen LogP contribution >= 0.6 is 7.92 Å². The van der Waals surface area contributed by atoms with Gasteiger partial charge in [-0.05, 0) is 77.5 Å². The lowest BCUT2D eigenvalue weighted by atomic mass is 10.00. The Kier molecular flexibility index (Phi) is 10.6. The third kappa shape index (κ3) is 9.48. The van der Waals surface area contributed by atoms with Gasteiger partial charge in [0.1, 0.15) is 12.2 Å². The monoisotopic (exact) mass is 578 g/mol. The molecule has 206 valence electrons. The van der Waals surface area contributed by atoms with Crippen molar-refractivity contribution in [1.82, 2.24) is 0 Å². The molecule has 5 unspecified atom stereocenters. The molecule has 0 aliphatic carbocycles. The predicted molar refractivity (Wildman–Crippen MR) is 164 cm³/mol. The first kappa shape index (κ1) is 30.9. The SMILES string of the molecule is COC1OC(CP(c2ccccc2)c2ccccc2)C(O[Si](C)(C)C)C(O[Si](C)(C)C)C1O[Si](C)(C)C. The molecule has 0 N–H and O–H groups in total. The van der Waals surface area contributed by atoms with Gasteiger partial charge in [0, 0.05) is 13.3 Å². The van der Waals surface area contributed by atoms with Crippen LogP contribution in [-0.2, 0) is 22.8 Å². The van der Waals surface area contributed by atoms with Crippen molar-refractivity contribution in [2.45, 2.75) is 89.6 Å². The molecule has 1 fully saturated rings. The summed E-state index contributed by atoms with van der Waals surface area (Å²) in [5.74, 6) is 0. The summed E-state index contributed by atoms with van der Waals surface area (Å²) in [6, 6.07) is 21.6. The topological polar surface area (TPSA) is 46.2 Å². The molecule has 0 saturated carbocycles. The third-order valence-electron chi connectivity index (χ3n) is 5.79. The van der Waals surface area contributed by atoms with Crippen molar-refractivity contribution in [3.8, 4) is 0 Å². The van der Waals surface area contributed by atoms with Crippen molar-refractivity contribution in [3.63, 3.8) is 0 Å². The minimum absolute atomic E-state index is 0.189. The summed E-state index contributed by atoms with van der Waals surface area (Å²) in [6.07, 6.45) is -0.695. The van der Waals surface area contributed by atoms with Crippen LogP contribution < -0.4 is 10.6 Å². The van der Waals surface area contributed by atoms with Crippen molar-refractivity contribution in [1.29, 1.82) is 0 Å². The molecule has 0 aromatic heterocycles. The Morgan fingerprint density at radius 2 is 1.03 bits per heavy atom. The molecule has 1 saturated heterocycles. The smallest absolute Gasteiger partial charge is 0.185 e. The van der Waals surface area contributed by atoms with Gasteiger partial charge in [-0.1, -0.05) is 60.7 Å². The Labute approximate surface area is 229 Å². The van der Waals surface area contributed by atoms with Crippen molar-refractivity contribution in [3.05, 3.63) is 60.7 Å². The van der Waals surface area contributed by atoms with Gasteiger partial charge in [-0.3, -0.25) is 0 Å². The van der Waals surface area contributed by atoms with Crippen molar-refractivity contribution >= 4 is 43.5 Å². The molecule has 5 atom stereocenters. The third-order valence-corrected chi connectivity index (χ3v) is 11.3. The van der Waals surface area contributed by atoms with Crippen LogP contribution in [0, 0.1) is 0 Å². The number of hydrogen-bond donors (Lipinski definition) is 0. The molecule has 1 aliphatic rings. The highest BCUT2D eigenvalue weighted by Crippen LogP contribution is 2.41. The number of methoxy groups -OCH3 is 1. The highest BCUT2D eigenvalue weighted by Gasteiger charge is 2.52. The van der Waals surface area contributed by atoms with Crippen molar-refractivity contribution in [2.75, 3.05) is 13.3 Å². The van der Waals surface area contributed by atoms with E-state index in [1.54, 1.807) is 7.11 Å². The maximum Gasteiger partial charge on any atom is 0.185 e. The highest BCUT2D eigenvalue weighted by molar-refractivity contribution is 7.73. The highest BCUT2D eigenvalue weighted by atomic mass is 31.1. The minimum atomic E-state index is -1.96. The van der Waals surface area contributed by atoms with E-state index in [1.165, 1.54) is 10.6 Å². The Morgan fingerprint density at radius 1 is 0.622 bits per heavy atom. The standard InChI is InChI=1S/C28H47O5PSi3/c1-29-28-27(33-37(8,9)10)26(32-36(5,6)7)25(31-35(2,3)4)24(30-28)21-34(22-17-13-11-14-18-22)23-19-15-12-16-20-23/h11-20,24-28H,21H2,1-10H3. The summed E-state index contributed by atoms with van der Waals surface area (Å²) < 4.78 is 33.4. The molecule has 1 aliphatic heterocycles. The van der Waals surface area contributed by atoms with E-state index < -0.39 is 39.2 Å². The van der Waals surface area contributed by atoms with Crippen LogP contribution in [0.2, 0.25) is 58.9 Å². The first-order chi connectivity index (χ1) is 17.2. The normalized spacial score (nSPS) is 25.4. The fourth-order valence-corrected chi connectivity index (χ4v) is 10.3. The van der Waals surface area contributed by atoms with Gasteiger partial charge in [0.2, 0.25) is 0 Å².